The summed E-state index contributed by atoms with van der Waals surface area (Å²) in [7, 11) is -7.18. The Hall–Kier alpha value is -2.18. The summed E-state index contributed by atoms with van der Waals surface area (Å²) in [5, 5.41) is 10.1. The van der Waals surface area contributed by atoms with Crippen molar-refractivity contribution < 1.29 is 16.8 Å². The van der Waals surface area contributed by atoms with E-state index in [1.54, 1.807) is 24.3 Å². The second kappa shape index (κ2) is 14.5. The molecule has 2 unspecified atom stereocenters. The minimum Gasteiger partial charge on any atom is -0.225 e. The van der Waals surface area contributed by atoms with E-state index in [1.165, 1.54) is 75.5 Å². The molecule has 2 aromatic rings. The van der Waals surface area contributed by atoms with Crippen LogP contribution in [0.4, 0.5) is 0 Å². The molecular weight excluding hydrogens is 565 g/mol. The van der Waals surface area contributed by atoms with Crippen molar-refractivity contribution in [3.8, 4) is 11.8 Å². The van der Waals surface area contributed by atoms with Crippen LogP contribution in [-0.2, 0) is 26.5 Å². The van der Waals surface area contributed by atoms with Gasteiger partial charge >= 0.3 is 0 Å². The molecule has 0 heterocycles. The van der Waals surface area contributed by atoms with Crippen LogP contribution in [0.2, 0.25) is 0 Å². The Labute approximate surface area is 255 Å². The fourth-order valence-corrected chi connectivity index (χ4v) is 7.46. The van der Waals surface area contributed by atoms with Crippen LogP contribution in [0.5, 0.6) is 0 Å². The first-order valence-electron chi connectivity index (χ1n) is 15.3. The average molecular weight is 615 g/mol. The number of aryl methyl sites for hydroxylation is 1. The van der Waals surface area contributed by atoms with Gasteiger partial charge in [-0.15, -0.1) is 0 Å². The summed E-state index contributed by atoms with van der Waals surface area (Å²) in [5.41, 5.74) is 3.07. The fraction of sp³-hybridized carbons (Fsp3) is 0.588. The second-order valence-corrected chi connectivity index (χ2v) is 17.0. The minimum atomic E-state index is -3.62. The number of rotatable bonds is 9. The molecule has 0 saturated heterocycles. The van der Waals surface area contributed by atoms with E-state index in [0.29, 0.717) is 10.8 Å². The summed E-state index contributed by atoms with van der Waals surface area (Å²) in [6, 6.07) is 13.3. The van der Waals surface area contributed by atoms with Crippen molar-refractivity contribution >= 4 is 20.0 Å². The van der Waals surface area contributed by atoms with Crippen LogP contribution in [-0.4, -0.2) is 16.8 Å². The van der Waals surface area contributed by atoms with Gasteiger partial charge in [0, 0.05) is 12.0 Å². The molecule has 232 valence electrons. The Morgan fingerprint density at radius 3 is 1.64 bits per heavy atom. The zero-order valence-corrected chi connectivity index (χ0v) is 27.5. The van der Waals surface area contributed by atoms with Crippen LogP contribution in [0.15, 0.2) is 58.3 Å². The molecule has 0 aliphatic heterocycles. The highest BCUT2D eigenvalue weighted by atomic mass is 32.2. The van der Waals surface area contributed by atoms with Gasteiger partial charge < -0.3 is 0 Å². The van der Waals surface area contributed by atoms with Gasteiger partial charge in [0.25, 0.3) is 0 Å². The van der Waals surface area contributed by atoms with Gasteiger partial charge in [0.2, 0.25) is 20.0 Å². The summed E-state index contributed by atoms with van der Waals surface area (Å²) >= 11 is 0. The summed E-state index contributed by atoms with van der Waals surface area (Å²) in [4.78, 5) is 0.320. The third-order valence-corrected chi connectivity index (χ3v) is 10.7. The molecule has 2 aliphatic rings. The lowest BCUT2D eigenvalue weighted by Crippen LogP contribution is -2.11. The van der Waals surface area contributed by atoms with Gasteiger partial charge in [0.05, 0.1) is 9.79 Å². The summed E-state index contributed by atoms with van der Waals surface area (Å²) in [6.45, 7) is 9.43. The molecule has 8 heteroatoms. The Bertz CT molecular complexity index is 1430. The van der Waals surface area contributed by atoms with Crippen LogP contribution in [0.3, 0.4) is 0 Å². The lowest BCUT2D eigenvalue weighted by atomic mass is 9.89. The number of sulfonamides is 2. The molecule has 42 heavy (non-hydrogen) atoms. The van der Waals surface area contributed by atoms with Crippen molar-refractivity contribution in [2.45, 2.75) is 115 Å². The third kappa shape index (κ3) is 11.8. The summed E-state index contributed by atoms with van der Waals surface area (Å²) < 4.78 is 44.7. The standard InChI is InChI=1S/C17H27NO2S.C17H23NO2S/c2*1-17(2)12-11-15(13-17)6-4-3-5-14-7-9-16(10-8-14)21(18,19)20/h7-10,15H,3-6,11-13H2,1-2H3,(H2,18,19,20);7-10,15H,4,6,11-13H2,1-2H3,(H2,18,19,20). The molecule has 2 fully saturated rings. The Morgan fingerprint density at radius 2 is 1.19 bits per heavy atom. The van der Waals surface area contributed by atoms with Gasteiger partial charge in [-0.1, -0.05) is 64.5 Å². The van der Waals surface area contributed by atoms with Gasteiger partial charge in [-0.25, -0.2) is 27.1 Å². The molecule has 2 atom stereocenters. The molecule has 4 N–H and O–H groups in total. The molecule has 2 saturated carbocycles. The Kier molecular flexibility index (Phi) is 11.9. The largest absolute Gasteiger partial charge is 0.238 e. The minimum absolute atomic E-state index is 0.126. The first-order chi connectivity index (χ1) is 19.5. The Balaban J connectivity index is 0.000000230. The molecule has 0 bridgehead atoms. The summed E-state index contributed by atoms with van der Waals surface area (Å²) in [6.07, 6.45) is 14.9. The van der Waals surface area contributed by atoms with E-state index in [4.69, 9.17) is 10.3 Å². The molecule has 4 rings (SSSR count). The fourth-order valence-electron chi connectivity index (χ4n) is 6.43. The van der Waals surface area contributed by atoms with E-state index in [0.717, 1.165) is 36.7 Å². The van der Waals surface area contributed by atoms with Crippen molar-refractivity contribution in [2.75, 3.05) is 0 Å². The molecule has 2 aliphatic carbocycles. The molecule has 0 spiro atoms. The van der Waals surface area contributed by atoms with Crippen LogP contribution >= 0.6 is 0 Å². The van der Waals surface area contributed by atoms with Crippen molar-refractivity contribution in [1.82, 2.24) is 0 Å². The molecule has 0 aromatic heterocycles. The lowest BCUT2D eigenvalue weighted by Gasteiger charge is -2.17. The highest BCUT2D eigenvalue weighted by Crippen LogP contribution is 2.43. The van der Waals surface area contributed by atoms with Crippen LogP contribution in [0, 0.1) is 34.5 Å². The van der Waals surface area contributed by atoms with Crippen molar-refractivity contribution in [2.24, 2.45) is 32.9 Å². The first kappa shape index (κ1) is 34.3. The van der Waals surface area contributed by atoms with Gasteiger partial charge in [0.15, 0.2) is 0 Å². The zero-order chi connectivity index (χ0) is 31.0. The third-order valence-electron chi connectivity index (χ3n) is 8.81. The monoisotopic (exact) mass is 614 g/mol. The smallest absolute Gasteiger partial charge is 0.225 e. The van der Waals surface area contributed by atoms with Crippen LogP contribution in [0.25, 0.3) is 0 Å². The lowest BCUT2D eigenvalue weighted by molar-refractivity contribution is 0.350. The molecule has 2 aromatic carbocycles. The number of benzene rings is 2. The van der Waals surface area contributed by atoms with E-state index >= 15 is 0 Å². The van der Waals surface area contributed by atoms with Crippen LogP contribution < -0.4 is 10.3 Å². The quantitative estimate of drug-likeness (QED) is 0.230. The number of hydrogen-bond donors (Lipinski definition) is 2. The predicted octanol–water partition coefficient (Wildman–Crippen LogP) is 7.17. The summed E-state index contributed by atoms with van der Waals surface area (Å²) in [5.74, 6) is 7.98. The number of unbranched alkanes of at least 4 members (excludes halogenated alkanes) is 1. The molecule has 0 amide bonds. The number of nitrogens with two attached hydrogens (primary N) is 2. The van der Waals surface area contributed by atoms with Gasteiger partial charge in [-0.3, -0.25) is 0 Å². The van der Waals surface area contributed by atoms with Crippen molar-refractivity contribution in [3.05, 3.63) is 59.7 Å². The van der Waals surface area contributed by atoms with Crippen molar-refractivity contribution in [1.29, 1.82) is 0 Å². The normalized spacial score (nSPS) is 21.2. The van der Waals surface area contributed by atoms with E-state index in [1.807, 2.05) is 12.1 Å². The molecular formula is C34H50N2O4S2. The predicted molar refractivity (Wildman–Crippen MR) is 172 cm³/mol. The number of hydrogen-bond acceptors (Lipinski definition) is 4. The maximum absolute atomic E-state index is 11.2. The average Bonchev–Trinajstić information content (AvgIpc) is 3.44. The van der Waals surface area contributed by atoms with E-state index in [9.17, 15) is 16.8 Å². The maximum Gasteiger partial charge on any atom is 0.238 e. The van der Waals surface area contributed by atoms with E-state index in [2.05, 4.69) is 39.5 Å². The SMILES string of the molecule is CC1(C)CCC(CCC#Cc2ccc(S(N)(=O)=O)cc2)C1.CC1(C)CCC(CCCCc2ccc(S(N)(=O)=O)cc2)C1. The highest BCUT2D eigenvalue weighted by Gasteiger charge is 2.31. The topological polar surface area (TPSA) is 120 Å². The van der Waals surface area contributed by atoms with Gasteiger partial charge in [0.1, 0.15) is 0 Å². The van der Waals surface area contributed by atoms with Crippen molar-refractivity contribution in [3.63, 3.8) is 0 Å². The van der Waals surface area contributed by atoms with E-state index in [-0.39, 0.29) is 9.79 Å². The first-order valence-corrected chi connectivity index (χ1v) is 18.4. The van der Waals surface area contributed by atoms with Crippen LogP contribution in [0.1, 0.15) is 109 Å². The number of primary sulfonamides is 2. The molecule has 0 radical (unpaired) electrons. The highest BCUT2D eigenvalue weighted by molar-refractivity contribution is 7.89. The maximum atomic E-state index is 11.2. The van der Waals surface area contributed by atoms with E-state index < -0.39 is 20.0 Å². The van der Waals surface area contributed by atoms with Gasteiger partial charge in [-0.2, -0.15) is 0 Å². The Morgan fingerprint density at radius 1 is 0.714 bits per heavy atom. The second-order valence-electron chi connectivity index (χ2n) is 13.9. The van der Waals surface area contributed by atoms with Gasteiger partial charge in [-0.05, 0) is 122 Å². The molecule has 6 nitrogen and oxygen atoms in total. The zero-order valence-electron chi connectivity index (χ0n) is 25.9.